The first-order chi connectivity index (χ1) is 7.61. The molecule has 0 aliphatic carbocycles. The Hall–Kier alpha value is -1.83. The summed E-state index contributed by atoms with van der Waals surface area (Å²) in [5.74, 6) is 0.968. The highest BCUT2D eigenvalue weighted by molar-refractivity contribution is 5.47. The van der Waals surface area contributed by atoms with Crippen molar-refractivity contribution in [3.63, 3.8) is 0 Å². The fraction of sp³-hybridized carbons (Fsp3) is 0.214. The van der Waals surface area contributed by atoms with Crippen molar-refractivity contribution in [1.29, 1.82) is 0 Å². The number of aromatic nitrogens is 2. The SMILES string of the molecule is C=Cc1cc(C)cc(-n2c(C)ccc2C)n1. The Balaban J connectivity index is 2.64. The largest absolute Gasteiger partial charge is 0.303 e. The van der Waals surface area contributed by atoms with E-state index in [2.05, 4.69) is 55.1 Å². The Kier molecular flexibility index (Phi) is 2.65. The van der Waals surface area contributed by atoms with E-state index in [0.29, 0.717) is 0 Å². The van der Waals surface area contributed by atoms with E-state index in [1.807, 2.05) is 6.07 Å². The number of rotatable bonds is 2. The lowest BCUT2D eigenvalue weighted by Gasteiger charge is -2.10. The van der Waals surface area contributed by atoms with Crippen LogP contribution in [0.1, 0.15) is 22.6 Å². The lowest BCUT2D eigenvalue weighted by Crippen LogP contribution is -2.03. The Morgan fingerprint density at radius 3 is 2.31 bits per heavy atom. The molecule has 2 rings (SSSR count). The summed E-state index contributed by atoms with van der Waals surface area (Å²) in [6.07, 6.45) is 1.78. The van der Waals surface area contributed by atoms with Gasteiger partial charge in [0.05, 0.1) is 5.69 Å². The second kappa shape index (κ2) is 3.97. The average Bonchev–Trinajstić information content (AvgIpc) is 2.57. The number of aryl methyl sites for hydroxylation is 3. The van der Waals surface area contributed by atoms with Crippen molar-refractivity contribution in [2.24, 2.45) is 0 Å². The van der Waals surface area contributed by atoms with E-state index in [-0.39, 0.29) is 0 Å². The van der Waals surface area contributed by atoms with E-state index in [1.54, 1.807) is 6.08 Å². The van der Waals surface area contributed by atoms with Gasteiger partial charge in [-0.15, -0.1) is 0 Å². The molecule has 0 fully saturated rings. The van der Waals surface area contributed by atoms with Crippen LogP contribution in [0.2, 0.25) is 0 Å². The van der Waals surface area contributed by atoms with Crippen LogP contribution in [-0.4, -0.2) is 9.55 Å². The normalized spacial score (nSPS) is 10.4. The van der Waals surface area contributed by atoms with Crippen LogP contribution >= 0.6 is 0 Å². The summed E-state index contributed by atoms with van der Waals surface area (Å²) in [7, 11) is 0. The minimum Gasteiger partial charge on any atom is -0.303 e. The highest BCUT2D eigenvalue weighted by Gasteiger charge is 2.06. The third kappa shape index (κ3) is 1.78. The number of hydrogen-bond acceptors (Lipinski definition) is 1. The monoisotopic (exact) mass is 212 g/mol. The molecule has 0 saturated carbocycles. The molecule has 82 valence electrons. The van der Waals surface area contributed by atoms with E-state index in [4.69, 9.17) is 0 Å². The Morgan fingerprint density at radius 2 is 1.75 bits per heavy atom. The van der Waals surface area contributed by atoms with Crippen molar-refractivity contribution in [1.82, 2.24) is 9.55 Å². The number of nitrogens with zero attached hydrogens (tertiary/aromatic N) is 2. The highest BCUT2D eigenvalue weighted by Crippen LogP contribution is 2.16. The second-order valence-corrected chi connectivity index (χ2v) is 4.08. The first kappa shape index (κ1) is 10.7. The van der Waals surface area contributed by atoms with Crippen LogP contribution in [0.5, 0.6) is 0 Å². The van der Waals surface area contributed by atoms with E-state index in [0.717, 1.165) is 11.5 Å². The highest BCUT2D eigenvalue weighted by atomic mass is 15.1. The Bertz CT molecular complexity index is 516. The van der Waals surface area contributed by atoms with Gasteiger partial charge in [-0.25, -0.2) is 4.98 Å². The van der Waals surface area contributed by atoms with Crippen molar-refractivity contribution in [3.05, 3.63) is 53.5 Å². The molecule has 0 unspecified atom stereocenters. The fourth-order valence-electron chi connectivity index (χ4n) is 1.92. The van der Waals surface area contributed by atoms with Crippen molar-refractivity contribution in [2.75, 3.05) is 0 Å². The molecule has 0 spiro atoms. The van der Waals surface area contributed by atoms with Crippen molar-refractivity contribution in [2.45, 2.75) is 20.8 Å². The van der Waals surface area contributed by atoms with Crippen LogP contribution in [-0.2, 0) is 0 Å². The summed E-state index contributed by atoms with van der Waals surface area (Å²) >= 11 is 0. The van der Waals surface area contributed by atoms with Crippen LogP contribution in [0.4, 0.5) is 0 Å². The van der Waals surface area contributed by atoms with Crippen molar-refractivity contribution in [3.8, 4) is 5.82 Å². The molecule has 0 saturated heterocycles. The molecular weight excluding hydrogens is 196 g/mol. The zero-order valence-electron chi connectivity index (χ0n) is 9.99. The smallest absolute Gasteiger partial charge is 0.137 e. The van der Waals surface area contributed by atoms with Gasteiger partial charge in [0.1, 0.15) is 5.82 Å². The molecule has 0 amide bonds. The molecule has 16 heavy (non-hydrogen) atoms. The van der Waals surface area contributed by atoms with E-state index >= 15 is 0 Å². The molecule has 2 heterocycles. The molecule has 0 bridgehead atoms. The molecule has 0 radical (unpaired) electrons. The minimum absolute atomic E-state index is 0.919. The first-order valence-electron chi connectivity index (χ1n) is 5.38. The molecule has 0 atom stereocenters. The van der Waals surface area contributed by atoms with Crippen LogP contribution < -0.4 is 0 Å². The Morgan fingerprint density at radius 1 is 1.12 bits per heavy atom. The summed E-state index contributed by atoms with van der Waals surface area (Å²) in [4.78, 5) is 4.56. The summed E-state index contributed by atoms with van der Waals surface area (Å²) in [6.45, 7) is 10.0. The van der Waals surface area contributed by atoms with Crippen LogP contribution in [0, 0.1) is 20.8 Å². The quantitative estimate of drug-likeness (QED) is 0.745. The van der Waals surface area contributed by atoms with Crippen molar-refractivity contribution < 1.29 is 0 Å². The third-order valence-corrected chi connectivity index (χ3v) is 2.69. The van der Waals surface area contributed by atoms with Gasteiger partial charge in [-0.05, 0) is 56.7 Å². The van der Waals surface area contributed by atoms with Crippen LogP contribution in [0.3, 0.4) is 0 Å². The van der Waals surface area contributed by atoms with Gasteiger partial charge in [0, 0.05) is 11.4 Å². The summed E-state index contributed by atoms with van der Waals surface area (Å²) in [5.41, 5.74) is 4.52. The van der Waals surface area contributed by atoms with Gasteiger partial charge in [0.25, 0.3) is 0 Å². The maximum absolute atomic E-state index is 4.56. The van der Waals surface area contributed by atoms with Gasteiger partial charge >= 0.3 is 0 Å². The predicted octanol–water partition coefficient (Wildman–Crippen LogP) is 3.44. The standard InChI is InChI=1S/C14H16N2/c1-5-13-8-10(2)9-14(15-13)16-11(3)6-7-12(16)4/h5-9H,1H2,2-4H3. The van der Waals surface area contributed by atoms with Gasteiger partial charge in [0.15, 0.2) is 0 Å². The van der Waals surface area contributed by atoms with Crippen LogP contribution in [0.15, 0.2) is 30.8 Å². The molecule has 2 aromatic heterocycles. The molecule has 2 heteroatoms. The first-order valence-corrected chi connectivity index (χ1v) is 5.38. The maximum Gasteiger partial charge on any atom is 0.137 e. The molecule has 0 N–H and O–H groups in total. The average molecular weight is 212 g/mol. The van der Waals surface area contributed by atoms with E-state index < -0.39 is 0 Å². The lowest BCUT2D eigenvalue weighted by molar-refractivity contribution is 0.917. The number of hydrogen-bond donors (Lipinski definition) is 0. The number of pyridine rings is 1. The lowest BCUT2D eigenvalue weighted by atomic mass is 10.2. The summed E-state index contributed by atoms with van der Waals surface area (Å²) in [6, 6.07) is 8.33. The molecular formula is C14H16N2. The minimum atomic E-state index is 0.919. The maximum atomic E-state index is 4.56. The van der Waals surface area contributed by atoms with Gasteiger partial charge in [-0.2, -0.15) is 0 Å². The topological polar surface area (TPSA) is 17.8 Å². The zero-order chi connectivity index (χ0) is 11.7. The zero-order valence-corrected chi connectivity index (χ0v) is 9.99. The van der Waals surface area contributed by atoms with Crippen molar-refractivity contribution >= 4 is 6.08 Å². The molecule has 0 aromatic carbocycles. The van der Waals surface area contributed by atoms with Crippen LogP contribution in [0.25, 0.3) is 11.9 Å². The van der Waals surface area contributed by atoms with Gasteiger partial charge < -0.3 is 4.57 Å². The van der Waals surface area contributed by atoms with E-state index in [9.17, 15) is 0 Å². The summed E-state index contributed by atoms with van der Waals surface area (Å²) < 4.78 is 2.15. The molecule has 2 nitrogen and oxygen atoms in total. The van der Waals surface area contributed by atoms with Gasteiger partial charge in [-0.3, -0.25) is 0 Å². The molecule has 0 aliphatic rings. The van der Waals surface area contributed by atoms with Gasteiger partial charge in [-0.1, -0.05) is 6.58 Å². The van der Waals surface area contributed by atoms with Gasteiger partial charge in [0.2, 0.25) is 0 Å². The molecule has 0 aliphatic heterocycles. The summed E-state index contributed by atoms with van der Waals surface area (Å²) in [5, 5.41) is 0. The second-order valence-electron chi connectivity index (χ2n) is 4.08. The third-order valence-electron chi connectivity index (χ3n) is 2.69. The predicted molar refractivity (Wildman–Crippen MR) is 67.9 cm³/mol. The van der Waals surface area contributed by atoms with E-state index in [1.165, 1.54) is 17.0 Å². The fourth-order valence-corrected chi connectivity index (χ4v) is 1.92. The Labute approximate surface area is 96.3 Å². The molecule has 2 aromatic rings.